The highest BCUT2D eigenvalue weighted by Gasteiger charge is 2.58. The summed E-state index contributed by atoms with van der Waals surface area (Å²) >= 11 is 0. The average molecular weight is 563 g/mol. The average Bonchev–Trinajstić information content (AvgIpc) is 2.92. The smallest absolute Gasteiger partial charge is 0.366 e. The number of rotatable bonds is 14. The second-order valence-electron chi connectivity index (χ2n) is 10.4. The Hall–Kier alpha value is -4.47. The van der Waals surface area contributed by atoms with E-state index in [1.165, 1.54) is 19.7 Å². The maximum atomic E-state index is 12.0. The first-order valence-electron chi connectivity index (χ1n) is 13.2. The summed E-state index contributed by atoms with van der Waals surface area (Å²) in [5.74, 6) is -4.65. The van der Waals surface area contributed by atoms with Crippen molar-refractivity contribution in [2.75, 3.05) is 27.2 Å². The number of benzene rings is 3. The first-order chi connectivity index (χ1) is 19.4. The van der Waals surface area contributed by atoms with Crippen molar-refractivity contribution in [1.29, 1.82) is 0 Å². The number of carboxylic acids is 3. The molecule has 2 atom stereocenters. The highest BCUT2D eigenvalue weighted by atomic mass is 16.5. The molecule has 41 heavy (non-hydrogen) atoms. The van der Waals surface area contributed by atoms with Gasteiger partial charge in [0.1, 0.15) is 18.9 Å². The first kappa shape index (κ1) is 31.1. The zero-order chi connectivity index (χ0) is 30.2. The largest absolute Gasteiger partial charge is 0.488 e. The van der Waals surface area contributed by atoms with Gasteiger partial charge in [0.15, 0.2) is 0 Å². The molecule has 0 saturated heterocycles. The molecule has 216 valence electrons. The van der Waals surface area contributed by atoms with Gasteiger partial charge in [-0.25, -0.2) is 9.59 Å². The fourth-order valence-corrected chi connectivity index (χ4v) is 5.13. The Morgan fingerprint density at radius 2 is 1.32 bits per heavy atom. The number of hydrogen-bond acceptors (Lipinski definition) is 5. The van der Waals surface area contributed by atoms with Gasteiger partial charge < -0.3 is 29.6 Å². The Balaban J connectivity index is 1.84. The molecule has 4 N–H and O–H groups in total. The van der Waals surface area contributed by atoms with Crippen molar-refractivity contribution in [2.45, 2.75) is 31.4 Å². The number of carbonyl (C=O) groups is 3. The number of aliphatic hydroxyl groups is 1. The third kappa shape index (κ3) is 7.39. The maximum absolute atomic E-state index is 12.0. The van der Waals surface area contributed by atoms with Gasteiger partial charge >= 0.3 is 17.9 Å². The summed E-state index contributed by atoms with van der Waals surface area (Å²) in [7, 11) is 2.82. The molecule has 0 amide bonds. The van der Waals surface area contributed by atoms with Crippen molar-refractivity contribution in [2.24, 2.45) is 0 Å². The van der Waals surface area contributed by atoms with Crippen LogP contribution in [0.1, 0.15) is 36.5 Å². The number of quaternary nitrogens is 1. The first-order valence-corrected chi connectivity index (χ1v) is 13.2. The number of nitrogens with zero attached hydrogens (tertiary/aromatic N) is 1. The van der Waals surface area contributed by atoms with Gasteiger partial charge in [-0.2, -0.15) is 0 Å². The van der Waals surface area contributed by atoms with Gasteiger partial charge in [0.2, 0.25) is 11.6 Å². The lowest BCUT2D eigenvalue weighted by atomic mass is 9.88. The minimum absolute atomic E-state index is 0.00942. The number of ether oxygens (including phenoxy) is 1. The standard InChI is InChI=1S/C32H35NO8/c1-4-26(22-11-7-5-8-12-22)28(23-13-9-6-10-14-23)24-15-17-25(18-16-24)41-20-19-33(2,3)29(30(36)37)32(40,31(38)39)21-27(34)35/h5-18,29,40H,4,19-21H2,1-3H3,(H2-,34,35,36,37,38,39)/p+1/b28-26+. The van der Waals surface area contributed by atoms with Gasteiger partial charge in [0, 0.05) is 0 Å². The van der Waals surface area contributed by atoms with Gasteiger partial charge in [-0.3, -0.25) is 4.79 Å². The fourth-order valence-electron chi connectivity index (χ4n) is 5.13. The normalized spacial score (nSPS) is 14.3. The molecule has 0 spiro atoms. The van der Waals surface area contributed by atoms with Crippen LogP contribution in [0.25, 0.3) is 11.1 Å². The molecule has 0 aromatic heterocycles. The molecule has 0 aliphatic carbocycles. The van der Waals surface area contributed by atoms with Crippen molar-refractivity contribution in [3.63, 3.8) is 0 Å². The van der Waals surface area contributed by atoms with Gasteiger partial charge in [-0.15, -0.1) is 0 Å². The summed E-state index contributed by atoms with van der Waals surface area (Å²) in [5, 5.41) is 39.1. The monoisotopic (exact) mass is 562 g/mol. The second-order valence-corrected chi connectivity index (χ2v) is 10.4. The molecule has 9 nitrogen and oxygen atoms in total. The predicted octanol–water partition coefficient (Wildman–Crippen LogP) is 4.25. The Bertz CT molecular complexity index is 1380. The quantitative estimate of drug-likeness (QED) is 0.169. The lowest BCUT2D eigenvalue weighted by molar-refractivity contribution is -0.912. The van der Waals surface area contributed by atoms with Crippen molar-refractivity contribution in [3.8, 4) is 5.75 Å². The van der Waals surface area contributed by atoms with Crippen LogP contribution in [0.4, 0.5) is 0 Å². The van der Waals surface area contributed by atoms with E-state index >= 15 is 0 Å². The summed E-state index contributed by atoms with van der Waals surface area (Å²) in [6, 6.07) is 25.9. The molecule has 9 heteroatoms. The van der Waals surface area contributed by atoms with Crippen LogP contribution in [0.5, 0.6) is 5.75 Å². The van der Waals surface area contributed by atoms with Crippen LogP contribution in [0.15, 0.2) is 84.9 Å². The molecule has 0 bridgehead atoms. The lowest BCUT2D eigenvalue weighted by Crippen LogP contribution is -2.68. The van der Waals surface area contributed by atoms with Crippen molar-refractivity contribution < 1.29 is 44.0 Å². The number of aliphatic carboxylic acids is 3. The minimum Gasteiger partial charge on any atom is -0.488 e. The number of likely N-dealkylation sites (N-methyl/N-ethyl adjacent to an activating group) is 1. The zero-order valence-electron chi connectivity index (χ0n) is 23.4. The Kier molecular flexibility index (Phi) is 10.0. The van der Waals surface area contributed by atoms with Crippen LogP contribution >= 0.6 is 0 Å². The van der Waals surface area contributed by atoms with E-state index in [4.69, 9.17) is 9.84 Å². The van der Waals surface area contributed by atoms with E-state index in [9.17, 15) is 29.7 Å². The Morgan fingerprint density at radius 3 is 1.78 bits per heavy atom. The van der Waals surface area contributed by atoms with E-state index in [0.29, 0.717) is 5.75 Å². The van der Waals surface area contributed by atoms with Crippen LogP contribution in [0.3, 0.4) is 0 Å². The van der Waals surface area contributed by atoms with Crippen molar-refractivity contribution >= 4 is 29.1 Å². The van der Waals surface area contributed by atoms with E-state index in [1.54, 1.807) is 0 Å². The van der Waals surface area contributed by atoms with E-state index < -0.39 is 40.5 Å². The summed E-state index contributed by atoms with van der Waals surface area (Å²) in [6.07, 6.45) is -0.446. The molecule has 0 aliphatic heterocycles. The van der Waals surface area contributed by atoms with E-state index in [2.05, 4.69) is 31.2 Å². The highest BCUT2D eigenvalue weighted by molar-refractivity contribution is 5.98. The van der Waals surface area contributed by atoms with Crippen LogP contribution in [-0.2, 0) is 14.4 Å². The Labute approximate surface area is 239 Å². The minimum atomic E-state index is -3.02. The number of allylic oxidation sites excluding steroid dienone is 1. The van der Waals surface area contributed by atoms with E-state index in [-0.39, 0.29) is 13.2 Å². The molecule has 2 unspecified atom stereocenters. The molecule has 3 aromatic rings. The van der Waals surface area contributed by atoms with Gasteiger partial charge in [0.05, 0.1) is 20.5 Å². The van der Waals surface area contributed by atoms with Crippen LogP contribution in [0.2, 0.25) is 0 Å². The lowest BCUT2D eigenvalue weighted by Gasteiger charge is -2.41. The Morgan fingerprint density at radius 1 is 0.805 bits per heavy atom. The molecule has 3 rings (SSSR count). The van der Waals surface area contributed by atoms with Crippen LogP contribution in [-0.4, -0.2) is 81.7 Å². The third-order valence-corrected chi connectivity index (χ3v) is 7.10. The summed E-state index contributed by atoms with van der Waals surface area (Å²) in [4.78, 5) is 35.0. The van der Waals surface area contributed by atoms with Crippen LogP contribution < -0.4 is 4.74 Å². The molecule has 0 saturated carbocycles. The molecule has 3 aromatic carbocycles. The molecule has 0 heterocycles. The van der Waals surface area contributed by atoms with Crippen molar-refractivity contribution in [1.82, 2.24) is 0 Å². The van der Waals surface area contributed by atoms with Gasteiger partial charge in [-0.1, -0.05) is 79.7 Å². The highest BCUT2D eigenvalue weighted by Crippen LogP contribution is 2.35. The second kappa shape index (κ2) is 13.3. The maximum Gasteiger partial charge on any atom is 0.366 e. The third-order valence-electron chi connectivity index (χ3n) is 7.10. The predicted molar refractivity (Wildman–Crippen MR) is 154 cm³/mol. The molecule has 0 aliphatic rings. The van der Waals surface area contributed by atoms with E-state index in [0.717, 1.165) is 28.7 Å². The van der Waals surface area contributed by atoms with Gasteiger partial charge in [-0.05, 0) is 46.4 Å². The molecule has 0 radical (unpaired) electrons. The zero-order valence-corrected chi connectivity index (χ0v) is 23.4. The summed E-state index contributed by atoms with van der Waals surface area (Å²) < 4.78 is 5.34. The van der Waals surface area contributed by atoms with E-state index in [1.807, 2.05) is 60.7 Å². The summed E-state index contributed by atoms with van der Waals surface area (Å²) in [5.41, 5.74) is 2.47. The summed E-state index contributed by atoms with van der Waals surface area (Å²) in [6.45, 7) is 2.09. The molecular formula is C32H36NO8+. The SMILES string of the molecule is CC/C(=C(/c1ccccc1)c1ccc(OCC[N+](C)(C)C(C(=O)O)C(O)(CC(=O)O)C(=O)O)cc1)c1ccccc1. The van der Waals surface area contributed by atoms with Gasteiger partial charge in [0.25, 0.3) is 0 Å². The van der Waals surface area contributed by atoms with Crippen LogP contribution in [0, 0.1) is 0 Å². The fraction of sp³-hybridized carbons (Fsp3) is 0.281. The molecule has 0 fully saturated rings. The number of hydrogen-bond donors (Lipinski definition) is 4. The molecular weight excluding hydrogens is 526 g/mol. The topological polar surface area (TPSA) is 141 Å². The number of carboxylic acid groups (broad SMARTS) is 3. The van der Waals surface area contributed by atoms with Crippen molar-refractivity contribution in [3.05, 3.63) is 102 Å².